The van der Waals surface area contributed by atoms with Gasteiger partial charge in [-0.25, -0.2) is 8.78 Å². The number of rotatable bonds is 10. The Morgan fingerprint density at radius 2 is 1.95 bits per heavy atom. The van der Waals surface area contributed by atoms with Crippen LogP contribution in [0.5, 0.6) is 0 Å². The molecule has 41 heavy (non-hydrogen) atoms. The highest BCUT2D eigenvalue weighted by Crippen LogP contribution is 2.50. The van der Waals surface area contributed by atoms with Crippen LogP contribution in [0.2, 0.25) is 10.0 Å². The Hall–Kier alpha value is -2.53. The van der Waals surface area contributed by atoms with E-state index in [1.54, 1.807) is 6.07 Å². The Labute approximate surface area is 248 Å². The first-order valence-corrected chi connectivity index (χ1v) is 14.1. The van der Waals surface area contributed by atoms with Crippen LogP contribution in [0.25, 0.3) is 0 Å². The predicted molar refractivity (Wildman–Crippen MR) is 154 cm³/mol. The molecule has 5 unspecified atom stereocenters. The number of nitrogens with two attached hydrogens (primary N) is 1. The Bertz CT molecular complexity index is 1400. The topological polar surface area (TPSA) is 121 Å². The van der Waals surface area contributed by atoms with E-state index in [9.17, 15) is 9.90 Å². The van der Waals surface area contributed by atoms with Crippen LogP contribution in [-0.4, -0.2) is 47.5 Å². The van der Waals surface area contributed by atoms with Gasteiger partial charge in [-0.05, 0) is 55.7 Å². The van der Waals surface area contributed by atoms with Gasteiger partial charge in [0.25, 0.3) is 0 Å². The maximum absolute atomic E-state index is 15.7. The molecule has 2 heterocycles. The third-order valence-corrected chi connectivity index (χ3v) is 8.44. The van der Waals surface area contributed by atoms with Crippen molar-refractivity contribution in [1.82, 2.24) is 10.6 Å². The number of aryl methyl sites for hydroxylation is 1. The summed E-state index contributed by atoms with van der Waals surface area (Å²) >= 11 is 12.3. The molecule has 1 saturated heterocycles. The first-order valence-electron chi connectivity index (χ1n) is 13.4. The smallest absolute Gasteiger partial charge is 0.237 e. The van der Waals surface area contributed by atoms with Crippen LogP contribution in [0.1, 0.15) is 55.3 Å². The molecule has 0 aliphatic carbocycles. The van der Waals surface area contributed by atoms with Crippen LogP contribution in [0.15, 0.2) is 52.9 Å². The third kappa shape index (κ3) is 6.30. The summed E-state index contributed by atoms with van der Waals surface area (Å²) in [5.41, 5.74) is 5.06. The number of halogens is 4. The van der Waals surface area contributed by atoms with Gasteiger partial charge in [-0.15, -0.1) is 0 Å². The van der Waals surface area contributed by atoms with Gasteiger partial charge in [-0.1, -0.05) is 55.2 Å². The van der Waals surface area contributed by atoms with Crippen LogP contribution in [-0.2, 0) is 15.7 Å². The number of amides is 1. The molecule has 0 radical (unpaired) electrons. The minimum atomic E-state index is -1.66. The zero-order valence-electron chi connectivity index (χ0n) is 23.1. The molecular weight excluding hydrogens is 575 g/mol. The fourth-order valence-electron chi connectivity index (χ4n) is 5.76. The molecule has 1 aliphatic rings. The molecule has 1 fully saturated rings. The third-order valence-electron chi connectivity index (χ3n) is 7.91. The second-order valence-electron chi connectivity index (χ2n) is 11.3. The SMILES string of the molecule is Cc1ccc(C(C)(C)CC2NC(C(=O)NCCC(O)CO)C(c3cccc(Cl)c3F)C2(N)c2ccc(Cl)cc2F)o1. The Morgan fingerprint density at radius 1 is 1.22 bits per heavy atom. The Morgan fingerprint density at radius 3 is 2.59 bits per heavy atom. The molecule has 0 saturated carbocycles. The van der Waals surface area contributed by atoms with Crippen molar-refractivity contribution in [3.05, 3.63) is 92.9 Å². The van der Waals surface area contributed by atoms with E-state index in [-0.39, 0.29) is 40.6 Å². The number of nitrogens with one attached hydrogen (secondary N) is 2. The summed E-state index contributed by atoms with van der Waals surface area (Å²) in [7, 11) is 0. The molecule has 0 spiro atoms. The van der Waals surface area contributed by atoms with Crippen LogP contribution in [0.4, 0.5) is 8.78 Å². The highest BCUT2D eigenvalue weighted by molar-refractivity contribution is 6.31. The van der Waals surface area contributed by atoms with Crippen molar-refractivity contribution in [3.63, 3.8) is 0 Å². The van der Waals surface area contributed by atoms with Crippen LogP contribution in [0.3, 0.4) is 0 Å². The molecular formula is C30H35Cl2F2N3O4. The van der Waals surface area contributed by atoms with Crippen molar-refractivity contribution in [1.29, 1.82) is 0 Å². The van der Waals surface area contributed by atoms with Crippen LogP contribution >= 0.6 is 23.2 Å². The lowest BCUT2D eigenvalue weighted by Crippen LogP contribution is -2.53. The number of furan rings is 1. The van der Waals surface area contributed by atoms with Gasteiger partial charge in [0.1, 0.15) is 23.2 Å². The van der Waals surface area contributed by atoms with Crippen molar-refractivity contribution in [2.75, 3.05) is 13.2 Å². The van der Waals surface area contributed by atoms with Gasteiger partial charge in [-0.3, -0.25) is 4.79 Å². The van der Waals surface area contributed by atoms with Crippen molar-refractivity contribution in [3.8, 4) is 0 Å². The average Bonchev–Trinajstić information content (AvgIpc) is 3.47. The standard InChI is InChI=1S/C30H35Cl2F2N3O4/c1-16-7-10-24(41-16)29(2,3)14-23-30(35,20-9-8-17(31)13-22(20)33)25(19-5-4-6-21(32)26(19)34)27(37-23)28(40)36-12-11-18(39)15-38/h4-10,13,18,23,25,27,37-39H,11-12,14-15,35H2,1-3H3,(H,36,40). The summed E-state index contributed by atoms with van der Waals surface area (Å²) in [5, 5.41) is 24.9. The van der Waals surface area contributed by atoms with Crippen LogP contribution < -0.4 is 16.4 Å². The van der Waals surface area contributed by atoms with Gasteiger partial charge in [0, 0.05) is 34.5 Å². The normalized spacial score (nSPS) is 23.5. The molecule has 5 atom stereocenters. The van der Waals surface area contributed by atoms with E-state index in [0.29, 0.717) is 5.76 Å². The number of benzene rings is 2. The zero-order valence-corrected chi connectivity index (χ0v) is 24.6. The summed E-state index contributed by atoms with van der Waals surface area (Å²) < 4.78 is 37.4. The lowest BCUT2D eigenvalue weighted by molar-refractivity contribution is -0.123. The van der Waals surface area contributed by atoms with E-state index >= 15 is 8.78 Å². The Kier molecular flexibility index (Phi) is 9.48. The van der Waals surface area contributed by atoms with E-state index in [2.05, 4.69) is 10.6 Å². The predicted octanol–water partition coefficient (Wildman–Crippen LogP) is 4.68. The van der Waals surface area contributed by atoms with E-state index < -0.39 is 59.2 Å². The molecule has 7 nitrogen and oxygen atoms in total. The number of carbonyl (C=O) groups is 1. The van der Waals surface area contributed by atoms with E-state index in [4.69, 9.17) is 38.5 Å². The second kappa shape index (κ2) is 12.4. The van der Waals surface area contributed by atoms with E-state index in [1.807, 2.05) is 32.9 Å². The largest absolute Gasteiger partial charge is 0.466 e. The minimum absolute atomic E-state index is 0.0399. The number of aliphatic hydroxyl groups excluding tert-OH is 2. The van der Waals surface area contributed by atoms with Gasteiger partial charge < -0.3 is 31.0 Å². The number of aliphatic hydroxyl groups is 2. The molecule has 1 aromatic heterocycles. The summed E-state index contributed by atoms with van der Waals surface area (Å²) in [6, 6.07) is 10.3. The highest BCUT2D eigenvalue weighted by atomic mass is 35.5. The molecule has 1 amide bonds. The molecule has 222 valence electrons. The summed E-state index contributed by atoms with van der Waals surface area (Å²) in [5.74, 6) is -1.71. The van der Waals surface area contributed by atoms with Crippen molar-refractivity contribution in [2.24, 2.45) is 5.73 Å². The van der Waals surface area contributed by atoms with E-state index in [0.717, 1.165) is 11.8 Å². The second-order valence-corrected chi connectivity index (χ2v) is 12.1. The summed E-state index contributed by atoms with van der Waals surface area (Å²) in [4.78, 5) is 13.7. The van der Waals surface area contributed by atoms with Gasteiger partial charge in [0.05, 0.1) is 29.3 Å². The summed E-state index contributed by atoms with van der Waals surface area (Å²) in [6.45, 7) is 5.31. The molecule has 6 N–H and O–H groups in total. The average molecular weight is 611 g/mol. The number of hydrogen-bond acceptors (Lipinski definition) is 6. The molecule has 11 heteroatoms. The first-order chi connectivity index (χ1) is 19.3. The Balaban J connectivity index is 1.87. The van der Waals surface area contributed by atoms with Crippen molar-refractivity contribution in [2.45, 2.75) is 68.7 Å². The molecule has 0 bridgehead atoms. The molecule has 4 rings (SSSR count). The maximum Gasteiger partial charge on any atom is 0.237 e. The number of carbonyl (C=O) groups excluding carboxylic acids is 1. The molecule has 1 aliphatic heterocycles. The minimum Gasteiger partial charge on any atom is -0.466 e. The van der Waals surface area contributed by atoms with Gasteiger partial charge in [0.2, 0.25) is 5.91 Å². The van der Waals surface area contributed by atoms with Crippen LogP contribution in [0, 0.1) is 18.6 Å². The quantitative estimate of drug-likeness (QED) is 0.228. The van der Waals surface area contributed by atoms with Crippen molar-refractivity contribution < 1.29 is 28.2 Å². The first kappa shape index (κ1) is 31.4. The lowest BCUT2D eigenvalue weighted by atomic mass is 9.67. The zero-order chi connectivity index (χ0) is 30.1. The summed E-state index contributed by atoms with van der Waals surface area (Å²) in [6.07, 6.45) is -0.640. The maximum atomic E-state index is 15.7. The number of hydrogen-bond donors (Lipinski definition) is 5. The highest BCUT2D eigenvalue weighted by Gasteiger charge is 2.59. The van der Waals surface area contributed by atoms with Gasteiger partial charge >= 0.3 is 0 Å². The van der Waals surface area contributed by atoms with Gasteiger partial charge in [0.15, 0.2) is 0 Å². The monoisotopic (exact) mass is 609 g/mol. The molecule has 3 aromatic rings. The van der Waals surface area contributed by atoms with Gasteiger partial charge in [-0.2, -0.15) is 0 Å². The van der Waals surface area contributed by atoms with Crippen molar-refractivity contribution >= 4 is 29.1 Å². The van der Waals surface area contributed by atoms with E-state index in [1.165, 1.54) is 24.3 Å². The fourth-order valence-corrected chi connectivity index (χ4v) is 6.10. The fraction of sp³-hybridized carbons (Fsp3) is 0.433. The lowest BCUT2D eigenvalue weighted by Gasteiger charge is -2.40. The molecule has 2 aromatic carbocycles.